The van der Waals surface area contributed by atoms with Crippen molar-refractivity contribution in [1.82, 2.24) is 15.3 Å². The standard InChI is InChI=1S/C11H17N3O2/c1-3-15-10-6-8(2)13-11(14-10)16-9-4-5-12-7-9/h6,9,12H,3-5,7H2,1-2H3. The van der Waals surface area contributed by atoms with Gasteiger partial charge >= 0.3 is 6.01 Å². The summed E-state index contributed by atoms with van der Waals surface area (Å²) < 4.78 is 11.0. The predicted octanol–water partition coefficient (Wildman–Crippen LogP) is 0.924. The lowest BCUT2D eigenvalue weighted by Gasteiger charge is -2.11. The Bertz CT molecular complexity index is 351. The molecule has 1 saturated heterocycles. The van der Waals surface area contributed by atoms with Gasteiger partial charge in [-0.2, -0.15) is 4.98 Å². The van der Waals surface area contributed by atoms with Crippen LogP contribution in [-0.2, 0) is 0 Å². The molecule has 0 saturated carbocycles. The molecule has 0 aromatic carbocycles. The van der Waals surface area contributed by atoms with Gasteiger partial charge in [0.2, 0.25) is 5.88 Å². The van der Waals surface area contributed by atoms with E-state index < -0.39 is 0 Å². The zero-order chi connectivity index (χ0) is 11.4. The average molecular weight is 223 g/mol. The molecule has 2 rings (SSSR count). The van der Waals surface area contributed by atoms with Crippen molar-refractivity contribution in [3.8, 4) is 11.9 Å². The Balaban J connectivity index is 2.06. The lowest BCUT2D eigenvalue weighted by molar-refractivity contribution is 0.199. The van der Waals surface area contributed by atoms with Crippen LogP contribution in [0.15, 0.2) is 6.07 Å². The molecule has 1 aromatic heterocycles. The number of nitrogens with one attached hydrogen (secondary N) is 1. The summed E-state index contributed by atoms with van der Waals surface area (Å²) in [5, 5.41) is 3.24. The molecule has 1 atom stereocenters. The van der Waals surface area contributed by atoms with Gasteiger partial charge in [0.05, 0.1) is 6.61 Å². The van der Waals surface area contributed by atoms with Crippen LogP contribution < -0.4 is 14.8 Å². The predicted molar refractivity (Wildman–Crippen MR) is 59.8 cm³/mol. The maximum absolute atomic E-state index is 5.68. The Morgan fingerprint density at radius 1 is 1.50 bits per heavy atom. The van der Waals surface area contributed by atoms with E-state index in [0.717, 1.165) is 25.2 Å². The molecule has 0 bridgehead atoms. The Kier molecular flexibility index (Phi) is 3.56. The van der Waals surface area contributed by atoms with Crippen molar-refractivity contribution in [3.05, 3.63) is 11.8 Å². The van der Waals surface area contributed by atoms with Crippen LogP contribution >= 0.6 is 0 Å². The molecule has 1 N–H and O–H groups in total. The van der Waals surface area contributed by atoms with E-state index in [0.29, 0.717) is 18.5 Å². The summed E-state index contributed by atoms with van der Waals surface area (Å²) >= 11 is 0. The van der Waals surface area contributed by atoms with Gasteiger partial charge in [0.1, 0.15) is 6.10 Å². The van der Waals surface area contributed by atoms with Gasteiger partial charge in [-0.3, -0.25) is 0 Å². The molecule has 1 aliphatic heterocycles. The highest BCUT2D eigenvalue weighted by atomic mass is 16.5. The summed E-state index contributed by atoms with van der Waals surface area (Å²) in [4.78, 5) is 8.44. The van der Waals surface area contributed by atoms with E-state index in [-0.39, 0.29) is 6.10 Å². The van der Waals surface area contributed by atoms with E-state index in [1.54, 1.807) is 0 Å². The first-order chi connectivity index (χ1) is 7.78. The summed E-state index contributed by atoms with van der Waals surface area (Å²) in [6.45, 7) is 6.29. The lowest BCUT2D eigenvalue weighted by atomic mass is 10.3. The minimum Gasteiger partial charge on any atom is -0.478 e. The number of rotatable bonds is 4. The van der Waals surface area contributed by atoms with E-state index >= 15 is 0 Å². The zero-order valence-electron chi connectivity index (χ0n) is 9.69. The van der Waals surface area contributed by atoms with Crippen LogP contribution in [0, 0.1) is 6.92 Å². The van der Waals surface area contributed by atoms with E-state index in [2.05, 4.69) is 15.3 Å². The maximum Gasteiger partial charge on any atom is 0.320 e. The van der Waals surface area contributed by atoms with Crippen molar-refractivity contribution >= 4 is 0 Å². The molecule has 0 aliphatic carbocycles. The fourth-order valence-electron chi connectivity index (χ4n) is 1.67. The molecule has 5 heteroatoms. The highest BCUT2D eigenvalue weighted by Gasteiger charge is 2.17. The topological polar surface area (TPSA) is 56.3 Å². The second-order valence-electron chi connectivity index (χ2n) is 3.80. The first-order valence-electron chi connectivity index (χ1n) is 5.64. The van der Waals surface area contributed by atoms with Crippen molar-refractivity contribution in [3.63, 3.8) is 0 Å². The quantitative estimate of drug-likeness (QED) is 0.822. The third kappa shape index (κ3) is 2.82. The van der Waals surface area contributed by atoms with Crippen molar-refractivity contribution < 1.29 is 9.47 Å². The van der Waals surface area contributed by atoms with Crippen LogP contribution in [0.1, 0.15) is 19.0 Å². The molecule has 2 heterocycles. The third-order valence-corrected chi connectivity index (χ3v) is 2.39. The van der Waals surface area contributed by atoms with Crippen LogP contribution in [0.3, 0.4) is 0 Å². The van der Waals surface area contributed by atoms with Crippen molar-refractivity contribution in [2.45, 2.75) is 26.4 Å². The highest BCUT2D eigenvalue weighted by Crippen LogP contribution is 2.16. The molecule has 0 spiro atoms. The van der Waals surface area contributed by atoms with Gasteiger partial charge in [0.25, 0.3) is 0 Å². The molecule has 16 heavy (non-hydrogen) atoms. The SMILES string of the molecule is CCOc1cc(C)nc(OC2CCNC2)n1. The summed E-state index contributed by atoms with van der Waals surface area (Å²) in [5.74, 6) is 0.580. The number of ether oxygens (including phenoxy) is 2. The molecule has 5 nitrogen and oxygen atoms in total. The van der Waals surface area contributed by atoms with Gasteiger partial charge in [-0.1, -0.05) is 0 Å². The number of nitrogens with zero attached hydrogens (tertiary/aromatic N) is 2. The van der Waals surface area contributed by atoms with E-state index in [1.165, 1.54) is 0 Å². The molecular weight excluding hydrogens is 206 g/mol. The average Bonchev–Trinajstić information content (AvgIpc) is 2.70. The molecule has 88 valence electrons. The Labute approximate surface area is 95.2 Å². The van der Waals surface area contributed by atoms with Crippen LogP contribution in [-0.4, -0.2) is 35.8 Å². The smallest absolute Gasteiger partial charge is 0.320 e. The van der Waals surface area contributed by atoms with Crippen LogP contribution in [0.25, 0.3) is 0 Å². The number of aromatic nitrogens is 2. The van der Waals surface area contributed by atoms with Gasteiger partial charge in [0.15, 0.2) is 0 Å². The van der Waals surface area contributed by atoms with Gasteiger partial charge in [-0.05, 0) is 26.8 Å². The van der Waals surface area contributed by atoms with Crippen molar-refractivity contribution in [1.29, 1.82) is 0 Å². The summed E-state index contributed by atoms with van der Waals surface area (Å²) in [7, 11) is 0. The molecule has 1 fully saturated rings. The van der Waals surface area contributed by atoms with E-state index in [1.807, 2.05) is 19.9 Å². The monoisotopic (exact) mass is 223 g/mol. The largest absolute Gasteiger partial charge is 0.478 e. The normalized spacial score (nSPS) is 19.8. The number of hydrogen-bond acceptors (Lipinski definition) is 5. The van der Waals surface area contributed by atoms with E-state index in [4.69, 9.17) is 9.47 Å². The number of hydrogen-bond donors (Lipinski definition) is 1. The first kappa shape index (κ1) is 11.1. The molecule has 0 amide bonds. The fraction of sp³-hybridized carbons (Fsp3) is 0.636. The second-order valence-corrected chi connectivity index (χ2v) is 3.80. The fourth-order valence-corrected chi connectivity index (χ4v) is 1.67. The summed E-state index contributed by atoms with van der Waals surface area (Å²) in [6, 6.07) is 2.22. The van der Waals surface area contributed by atoms with Crippen molar-refractivity contribution in [2.24, 2.45) is 0 Å². The lowest BCUT2D eigenvalue weighted by Crippen LogP contribution is -2.20. The Morgan fingerprint density at radius 2 is 2.38 bits per heavy atom. The zero-order valence-corrected chi connectivity index (χ0v) is 9.69. The van der Waals surface area contributed by atoms with Crippen molar-refractivity contribution in [2.75, 3.05) is 19.7 Å². The second kappa shape index (κ2) is 5.12. The Morgan fingerprint density at radius 3 is 3.06 bits per heavy atom. The minimum atomic E-state index is 0.177. The molecule has 1 unspecified atom stereocenters. The van der Waals surface area contributed by atoms with Gasteiger partial charge in [-0.15, -0.1) is 0 Å². The highest BCUT2D eigenvalue weighted by molar-refractivity contribution is 5.17. The Hall–Kier alpha value is -1.36. The van der Waals surface area contributed by atoms with Crippen LogP contribution in [0.5, 0.6) is 11.9 Å². The third-order valence-electron chi connectivity index (χ3n) is 2.39. The first-order valence-corrected chi connectivity index (χ1v) is 5.64. The maximum atomic E-state index is 5.68. The molecular formula is C11H17N3O2. The molecule has 1 aromatic rings. The van der Waals surface area contributed by atoms with E-state index in [9.17, 15) is 0 Å². The van der Waals surface area contributed by atoms with Gasteiger partial charge in [0, 0.05) is 18.3 Å². The van der Waals surface area contributed by atoms with Crippen LogP contribution in [0.2, 0.25) is 0 Å². The molecule has 0 radical (unpaired) electrons. The van der Waals surface area contributed by atoms with Crippen LogP contribution in [0.4, 0.5) is 0 Å². The minimum absolute atomic E-state index is 0.177. The summed E-state index contributed by atoms with van der Waals surface area (Å²) in [6.07, 6.45) is 1.18. The number of aryl methyl sites for hydroxylation is 1. The van der Waals surface area contributed by atoms with Gasteiger partial charge < -0.3 is 14.8 Å². The summed E-state index contributed by atoms with van der Waals surface area (Å²) in [5.41, 5.74) is 0.861. The molecule has 1 aliphatic rings. The van der Waals surface area contributed by atoms with Gasteiger partial charge in [-0.25, -0.2) is 4.98 Å².